The highest BCUT2D eigenvalue weighted by Gasteiger charge is 2.44. The maximum absolute atomic E-state index is 14.1. The second-order valence-electron chi connectivity index (χ2n) is 20.5. The molecule has 0 amide bonds. The van der Waals surface area contributed by atoms with Gasteiger partial charge in [-0.25, -0.2) is 48.0 Å². The van der Waals surface area contributed by atoms with Crippen molar-refractivity contribution < 1.29 is 8.78 Å². The molecule has 4 aromatic heterocycles. The lowest BCUT2D eigenvalue weighted by molar-refractivity contribution is 0.264. The summed E-state index contributed by atoms with van der Waals surface area (Å²) >= 11 is 12.4. The zero-order chi connectivity index (χ0) is 46.5. The molecule has 12 rings (SSSR count). The Hall–Kier alpha value is -5.08. The van der Waals surface area contributed by atoms with Crippen LogP contribution in [0.5, 0.6) is 0 Å². The molecule has 0 spiro atoms. The van der Waals surface area contributed by atoms with E-state index in [4.69, 9.17) is 43.4 Å². The van der Waals surface area contributed by atoms with E-state index < -0.39 is 0 Å². The molecular weight excluding hydrogens is 902 g/mol. The Morgan fingerprint density at radius 1 is 0.515 bits per heavy atom. The number of fused-ring (bicyclic) bond motifs is 6. The van der Waals surface area contributed by atoms with Crippen LogP contribution >= 0.6 is 23.2 Å². The van der Waals surface area contributed by atoms with Gasteiger partial charge >= 0.3 is 0 Å². The van der Waals surface area contributed by atoms with Gasteiger partial charge in [0.1, 0.15) is 47.6 Å². The minimum atomic E-state index is -0.291. The SMILES string of the molecule is Cc1cc(N2C[C@H]3CC[C@@H](C2)C3Cc2nc3n(n2)CCCC[C@@H]3c2cc(F)cc(Cl)c2)ncn1.Cc1cc(N2C[C@H]3CC[C@@H](C2)C3Cc2nc3n(n2)CCCC[C@H]3c2cc(F)cc(Cl)c2)ncn1. The fourth-order valence-electron chi connectivity index (χ4n) is 12.8. The van der Waals surface area contributed by atoms with Crippen LogP contribution in [0, 0.1) is 61.0 Å². The quantitative estimate of drug-likeness (QED) is 0.146. The maximum Gasteiger partial charge on any atom is 0.151 e. The summed E-state index contributed by atoms with van der Waals surface area (Å²) in [5.41, 5.74) is 3.83. The van der Waals surface area contributed by atoms with Crippen molar-refractivity contribution in [2.45, 2.75) is 116 Å². The van der Waals surface area contributed by atoms with E-state index in [1.165, 1.54) is 37.8 Å². The highest BCUT2D eigenvalue weighted by molar-refractivity contribution is 6.31. The van der Waals surface area contributed by atoms with Crippen molar-refractivity contribution in [1.29, 1.82) is 0 Å². The lowest BCUT2D eigenvalue weighted by atomic mass is 9.82. The number of aromatic nitrogens is 10. The molecule has 4 fully saturated rings. The molecule has 8 atom stereocenters. The third-order valence-electron chi connectivity index (χ3n) is 16.0. The molecule has 68 heavy (non-hydrogen) atoms. The molecule has 0 radical (unpaired) electrons. The molecular formula is C52H60Cl2F2N12. The summed E-state index contributed by atoms with van der Waals surface area (Å²) < 4.78 is 32.4. The Balaban J connectivity index is 0.000000149. The summed E-state index contributed by atoms with van der Waals surface area (Å²) in [6, 6.07) is 13.9. The molecule has 6 aliphatic rings. The number of nitrogens with zero attached hydrogens (tertiary/aromatic N) is 12. The first-order valence-corrected chi connectivity index (χ1v) is 25.7. The molecule has 8 heterocycles. The molecule has 12 nitrogen and oxygen atoms in total. The van der Waals surface area contributed by atoms with Crippen LogP contribution in [0.2, 0.25) is 10.0 Å². The standard InChI is InChI=1S/2C26H30ClFN6/c2*1-16-8-25(30-15-29-16)33-13-17-5-6-18(14-33)23(17)12-24-31-26-22(4-2-3-7-34(26)32-24)19-9-20(27)11-21(28)10-19/h2*8-11,15,17-18,22-23H,2-7,12-14H2,1H3/t2*17-,18+,22-,23?/m10/s1. The van der Waals surface area contributed by atoms with Crippen molar-refractivity contribution in [3.8, 4) is 0 Å². The monoisotopic (exact) mass is 960 g/mol. The minimum absolute atomic E-state index is 0.0384. The number of anilines is 2. The van der Waals surface area contributed by atoms with Gasteiger partial charge in [-0.05, 0) is 148 Å². The van der Waals surface area contributed by atoms with Crippen LogP contribution < -0.4 is 9.80 Å². The Morgan fingerprint density at radius 3 is 1.31 bits per heavy atom. The van der Waals surface area contributed by atoms with Crippen molar-refractivity contribution in [3.63, 3.8) is 0 Å². The van der Waals surface area contributed by atoms with Crippen LogP contribution in [0.15, 0.2) is 61.2 Å². The predicted molar refractivity (Wildman–Crippen MR) is 259 cm³/mol. The Morgan fingerprint density at radius 2 is 0.926 bits per heavy atom. The van der Waals surface area contributed by atoms with Crippen LogP contribution in [0.1, 0.15) is 122 Å². The number of hydrogen-bond donors (Lipinski definition) is 0. The van der Waals surface area contributed by atoms with Gasteiger partial charge in [0.05, 0.1) is 0 Å². The highest BCUT2D eigenvalue weighted by atomic mass is 35.5. The summed E-state index contributed by atoms with van der Waals surface area (Å²) in [5, 5.41) is 10.8. The maximum atomic E-state index is 14.1. The Kier molecular flexibility index (Phi) is 12.9. The fourth-order valence-corrected chi connectivity index (χ4v) is 13.3. The smallest absolute Gasteiger partial charge is 0.151 e. The van der Waals surface area contributed by atoms with E-state index in [0.29, 0.717) is 45.6 Å². The van der Waals surface area contributed by atoms with Crippen molar-refractivity contribution in [2.24, 2.45) is 35.5 Å². The summed E-state index contributed by atoms with van der Waals surface area (Å²) in [6.45, 7) is 9.94. The molecule has 2 saturated carbocycles. The first kappa shape index (κ1) is 45.4. The van der Waals surface area contributed by atoms with Gasteiger partial charge in [0, 0.05) is 97.5 Å². The Bertz CT molecular complexity index is 2510. The van der Waals surface area contributed by atoms with Crippen LogP contribution in [0.4, 0.5) is 20.4 Å². The number of rotatable bonds is 8. The zero-order valence-corrected chi connectivity index (χ0v) is 40.5. The lowest BCUT2D eigenvalue weighted by Gasteiger charge is -2.38. The van der Waals surface area contributed by atoms with Gasteiger partial charge < -0.3 is 9.80 Å². The second kappa shape index (κ2) is 19.4. The minimum Gasteiger partial charge on any atom is -0.356 e. The summed E-state index contributed by atoms with van der Waals surface area (Å²) in [6.07, 6.45) is 16.4. The third-order valence-corrected chi connectivity index (χ3v) is 16.5. The van der Waals surface area contributed by atoms with Crippen LogP contribution in [-0.4, -0.2) is 75.6 Å². The van der Waals surface area contributed by atoms with Gasteiger partial charge in [-0.1, -0.05) is 36.0 Å². The average Bonchev–Trinajstić information content (AvgIpc) is 3.91. The van der Waals surface area contributed by atoms with E-state index >= 15 is 0 Å². The number of aryl methyl sites for hydroxylation is 4. The molecule has 2 aromatic carbocycles. The largest absolute Gasteiger partial charge is 0.356 e. The number of piperidine rings is 2. The van der Waals surface area contributed by atoms with Crippen molar-refractivity contribution in [1.82, 2.24) is 49.5 Å². The fraction of sp³-hybridized carbons (Fsp3) is 0.538. The molecule has 356 valence electrons. The van der Waals surface area contributed by atoms with Gasteiger partial charge in [0.15, 0.2) is 11.6 Å². The van der Waals surface area contributed by atoms with Crippen LogP contribution in [-0.2, 0) is 25.9 Å². The lowest BCUT2D eigenvalue weighted by Crippen LogP contribution is -2.43. The zero-order valence-electron chi connectivity index (χ0n) is 39.0. The summed E-state index contributed by atoms with van der Waals surface area (Å²) in [5.74, 6) is 9.16. The first-order chi connectivity index (χ1) is 33.1. The number of benzene rings is 2. The predicted octanol–water partition coefficient (Wildman–Crippen LogP) is 10.4. The first-order valence-electron chi connectivity index (χ1n) is 24.9. The van der Waals surface area contributed by atoms with E-state index in [-0.39, 0.29) is 23.5 Å². The normalized spacial score (nSPS) is 26.4. The van der Waals surface area contributed by atoms with E-state index in [9.17, 15) is 8.78 Å². The average molecular weight is 962 g/mol. The molecule has 4 aliphatic heterocycles. The number of halogens is 4. The molecule has 4 bridgehead atoms. The second-order valence-corrected chi connectivity index (χ2v) is 21.4. The Labute approximate surface area is 407 Å². The van der Waals surface area contributed by atoms with Gasteiger partial charge in [0.2, 0.25) is 0 Å². The van der Waals surface area contributed by atoms with Gasteiger partial charge in [-0.3, -0.25) is 0 Å². The molecule has 6 aromatic rings. The number of hydrogen-bond acceptors (Lipinski definition) is 10. The van der Waals surface area contributed by atoms with Gasteiger partial charge in [0.25, 0.3) is 0 Å². The van der Waals surface area contributed by atoms with Crippen LogP contribution in [0.3, 0.4) is 0 Å². The third kappa shape index (κ3) is 9.60. The van der Waals surface area contributed by atoms with Crippen molar-refractivity contribution in [3.05, 3.63) is 129 Å². The summed E-state index contributed by atoms with van der Waals surface area (Å²) in [4.78, 5) is 32.5. The molecule has 16 heteroatoms. The van der Waals surface area contributed by atoms with Gasteiger partial charge in [-0.2, -0.15) is 10.2 Å². The van der Waals surface area contributed by atoms with E-state index in [2.05, 4.69) is 51.2 Å². The van der Waals surface area contributed by atoms with E-state index in [0.717, 1.165) is 148 Å². The molecule has 0 N–H and O–H groups in total. The highest BCUT2D eigenvalue weighted by Crippen LogP contribution is 2.46. The summed E-state index contributed by atoms with van der Waals surface area (Å²) in [7, 11) is 0. The van der Waals surface area contributed by atoms with Crippen molar-refractivity contribution in [2.75, 3.05) is 36.0 Å². The van der Waals surface area contributed by atoms with Gasteiger partial charge in [-0.15, -0.1) is 0 Å². The van der Waals surface area contributed by atoms with Crippen molar-refractivity contribution >= 4 is 34.8 Å². The topological polar surface area (TPSA) is 119 Å². The van der Waals surface area contributed by atoms with Crippen LogP contribution in [0.25, 0.3) is 0 Å². The molecule has 2 unspecified atom stereocenters. The van der Waals surface area contributed by atoms with E-state index in [1.54, 1.807) is 24.8 Å². The molecule has 2 saturated heterocycles. The van der Waals surface area contributed by atoms with E-state index in [1.807, 2.05) is 26.0 Å². The molecule has 2 aliphatic carbocycles.